The van der Waals surface area contributed by atoms with Crippen LogP contribution in [0.4, 0.5) is 0 Å². The highest BCUT2D eigenvalue weighted by Crippen LogP contribution is 2.21. The van der Waals surface area contributed by atoms with Gasteiger partial charge in [-0.2, -0.15) is 0 Å². The zero-order valence-corrected chi connectivity index (χ0v) is 14.5. The summed E-state index contributed by atoms with van der Waals surface area (Å²) in [6.45, 7) is 9.57. The van der Waals surface area contributed by atoms with Crippen LogP contribution < -0.4 is 4.74 Å². The molecular formula is C17H27N3O3. The normalized spacial score (nSPS) is 17.9. The average Bonchev–Trinajstić information content (AvgIpc) is 2.54. The molecule has 1 aromatic heterocycles. The first-order valence-electron chi connectivity index (χ1n) is 8.01. The fourth-order valence-electron chi connectivity index (χ4n) is 2.54. The van der Waals surface area contributed by atoms with Gasteiger partial charge in [-0.25, -0.2) is 4.98 Å². The number of hydrogen-bond acceptors (Lipinski definition) is 5. The van der Waals surface area contributed by atoms with E-state index in [-0.39, 0.29) is 17.4 Å². The van der Waals surface area contributed by atoms with E-state index in [1.807, 2.05) is 25.7 Å². The number of aliphatic hydroxyl groups excluding tert-OH is 1. The van der Waals surface area contributed by atoms with Gasteiger partial charge in [0.25, 0.3) is 5.91 Å². The number of hydrogen-bond donors (Lipinski definition) is 1. The third-order valence-corrected chi connectivity index (χ3v) is 4.29. The lowest BCUT2D eigenvalue weighted by Gasteiger charge is -2.38. The Hall–Kier alpha value is -1.66. The molecular weight excluding hydrogens is 294 g/mol. The summed E-state index contributed by atoms with van der Waals surface area (Å²) in [6.07, 6.45) is 1.24. The number of aromatic nitrogens is 1. The Kier molecular flexibility index (Phi) is 5.59. The van der Waals surface area contributed by atoms with Crippen LogP contribution in [0.15, 0.2) is 18.3 Å². The SMILES string of the molecule is COc1ncccc1C(=O)N1CCN(C[C@H](O)C(C)(C)C)CC1. The van der Waals surface area contributed by atoms with Gasteiger partial charge < -0.3 is 14.7 Å². The number of nitrogens with zero attached hydrogens (tertiary/aromatic N) is 3. The minimum Gasteiger partial charge on any atom is -0.480 e. The van der Waals surface area contributed by atoms with E-state index >= 15 is 0 Å². The average molecular weight is 321 g/mol. The van der Waals surface area contributed by atoms with Crippen molar-refractivity contribution in [3.05, 3.63) is 23.9 Å². The van der Waals surface area contributed by atoms with Gasteiger partial charge in [-0.05, 0) is 17.5 Å². The molecule has 0 unspecified atom stereocenters. The third kappa shape index (κ3) is 4.42. The van der Waals surface area contributed by atoms with Gasteiger partial charge in [0.1, 0.15) is 5.56 Å². The Bertz CT molecular complexity index is 534. The zero-order valence-electron chi connectivity index (χ0n) is 14.5. The van der Waals surface area contributed by atoms with E-state index in [0.717, 1.165) is 13.1 Å². The second-order valence-electron chi connectivity index (χ2n) is 7.03. The molecule has 0 radical (unpaired) electrons. The molecule has 1 saturated heterocycles. The number of amides is 1. The van der Waals surface area contributed by atoms with Crippen molar-refractivity contribution in [2.75, 3.05) is 39.8 Å². The lowest BCUT2D eigenvalue weighted by atomic mass is 9.89. The van der Waals surface area contributed by atoms with E-state index in [2.05, 4.69) is 9.88 Å². The maximum atomic E-state index is 12.6. The third-order valence-electron chi connectivity index (χ3n) is 4.29. The Labute approximate surface area is 138 Å². The van der Waals surface area contributed by atoms with Gasteiger partial charge >= 0.3 is 0 Å². The number of pyridine rings is 1. The van der Waals surface area contributed by atoms with Crippen LogP contribution in [0.25, 0.3) is 0 Å². The van der Waals surface area contributed by atoms with E-state index in [0.29, 0.717) is 31.1 Å². The van der Waals surface area contributed by atoms with Gasteiger partial charge in [0.15, 0.2) is 0 Å². The molecule has 1 fully saturated rings. The van der Waals surface area contributed by atoms with Gasteiger partial charge in [-0.1, -0.05) is 20.8 Å². The van der Waals surface area contributed by atoms with Crippen molar-refractivity contribution in [3.63, 3.8) is 0 Å². The summed E-state index contributed by atoms with van der Waals surface area (Å²) in [5.41, 5.74) is 0.369. The van der Waals surface area contributed by atoms with Gasteiger partial charge in [0.05, 0.1) is 13.2 Å². The number of methoxy groups -OCH3 is 1. The first kappa shape index (κ1) is 17.7. The van der Waals surface area contributed by atoms with Crippen LogP contribution in [0.1, 0.15) is 31.1 Å². The number of β-amino-alcohol motifs (C(OH)–C–C–N with tert-alkyl or cyclic N) is 1. The number of carbonyl (C=O) groups excluding carboxylic acids is 1. The highest BCUT2D eigenvalue weighted by Gasteiger charge is 2.28. The van der Waals surface area contributed by atoms with E-state index in [1.165, 1.54) is 7.11 Å². The highest BCUT2D eigenvalue weighted by molar-refractivity contribution is 5.96. The summed E-state index contributed by atoms with van der Waals surface area (Å²) in [5, 5.41) is 10.2. The van der Waals surface area contributed by atoms with Crippen LogP contribution >= 0.6 is 0 Å². The van der Waals surface area contributed by atoms with E-state index < -0.39 is 0 Å². The van der Waals surface area contributed by atoms with Crippen LogP contribution in [0.5, 0.6) is 5.88 Å². The summed E-state index contributed by atoms with van der Waals surface area (Å²) in [6, 6.07) is 3.48. The molecule has 0 spiro atoms. The van der Waals surface area contributed by atoms with Crippen LogP contribution in [-0.4, -0.2) is 71.7 Å². The van der Waals surface area contributed by atoms with Crippen molar-refractivity contribution in [2.45, 2.75) is 26.9 Å². The Morgan fingerprint density at radius 3 is 2.57 bits per heavy atom. The largest absolute Gasteiger partial charge is 0.480 e. The molecule has 2 heterocycles. The molecule has 1 aliphatic rings. The van der Waals surface area contributed by atoms with Crippen molar-refractivity contribution in [3.8, 4) is 5.88 Å². The van der Waals surface area contributed by atoms with Crippen LogP contribution in [-0.2, 0) is 0 Å². The number of aliphatic hydroxyl groups is 1. The van der Waals surface area contributed by atoms with Crippen molar-refractivity contribution in [1.29, 1.82) is 0 Å². The van der Waals surface area contributed by atoms with Crippen molar-refractivity contribution in [2.24, 2.45) is 5.41 Å². The minimum absolute atomic E-state index is 0.0500. The second kappa shape index (κ2) is 7.27. The Morgan fingerprint density at radius 2 is 2.00 bits per heavy atom. The molecule has 1 atom stereocenters. The van der Waals surface area contributed by atoms with E-state index in [1.54, 1.807) is 18.3 Å². The van der Waals surface area contributed by atoms with Crippen molar-refractivity contribution >= 4 is 5.91 Å². The maximum Gasteiger partial charge on any atom is 0.259 e. The summed E-state index contributed by atoms with van der Waals surface area (Å²) < 4.78 is 5.17. The number of piperazine rings is 1. The molecule has 0 saturated carbocycles. The molecule has 0 aliphatic carbocycles. The second-order valence-corrected chi connectivity index (χ2v) is 7.03. The molecule has 2 rings (SSSR count). The molecule has 23 heavy (non-hydrogen) atoms. The summed E-state index contributed by atoms with van der Waals surface area (Å²) >= 11 is 0. The van der Waals surface area contributed by atoms with Crippen LogP contribution in [0.3, 0.4) is 0 Å². The molecule has 1 aliphatic heterocycles. The maximum absolute atomic E-state index is 12.6. The summed E-state index contributed by atoms with van der Waals surface area (Å²) in [7, 11) is 1.52. The molecule has 0 aromatic carbocycles. The fraction of sp³-hybridized carbons (Fsp3) is 0.647. The lowest BCUT2D eigenvalue weighted by Crippen LogP contribution is -2.51. The van der Waals surface area contributed by atoms with Crippen LogP contribution in [0, 0.1) is 5.41 Å². The number of carbonyl (C=O) groups is 1. The van der Waals surface area contributed by atoms with Gasteiger partial charge in [-0.3, -0.25) is 9.69 Å². The van der Waals surface area contributed by atoms with Crippen molar-refractivity contribution < 1.29 is 14.6 Å². The minimum atomic E-state index is -0.372. The molecule has 6 nitrogen and oxygen atoms in total. The first-order chi connectivity index (χ1) is 10.8. The standard InChI is InChI=1S/C17H27N3O3/c1-17(2,3)14(21)12-19-8-10-20(11-9-19)16(22)13-6-5-7-18-15(13)23-4/h5-7,14,21H,8-12H2,1-4H3/t14-/m0/s1. The topological polar surface area (TPSA) is 65.9 Å². The molecule has 1 amide bonds. The van der Waals surface area contributed by atoms with Gasteiger partial charge in [0.2, 0.25) is 5.88 Å². The van der Waals surface area contributed by atoms with E-state index in [4.69, 9.17) is 4.74 Å². The zero-order chi connectivity index (χ0) is 17.0. The molecule has 128 valence electrons. The highest BCUT2D eigenvalue weighted by atomic mass is 16.5. The molecule has 0 bridgehead atoms. The molecule has 1 N–H and O–H groups in total. The number of ether oxygens (including phenoxy) is 1. The fourth-order valence-corrected chi connectivity index (χ4v) is 2.54. The van der Waals surface area contributed by atoms with E-state index in [9.17, 15) is 9.90 Å². The Morgan fingerprint density at radius 1 is 1.35 bits per heavy atom. The molecule has 1 aromatic rings. The predicted octanol–water partition coefficient (Wildman–Crippen LogP) is 1.25. The van der Waals surface area contributed by atoms with Gasteiger partial charge in [0, 0.05) is 38.9 Å². The van der Waals surface area contributed by atoms with Crippen LogP contribution in [0.2, 0.25) is 0 Å². The summed E-state index contributed by atoms with van der Waals surface area (Å²) in [5.74, 6) is 0.314. The number of rotatable bonds is 4. The molecule has 6 heteroatoms. The van der Waals surface area contributed by atoms with Gasteiger partial charge in [-0.15, -0.1) is 0 Å². The first-order valence-corrected chi connectivity index (χ1v) is 8.01. The lowest BCUT2D eigenvalue weighted by molar-refractivity contribution is 0.0136. The smallest absolute Gasteiger partial charge is 0.259 e. The Balaban J connectivity index is 1.93. The monoisotopic (exact) mass is 321 g/mol. The quantitative estimate of drug-likeness (QED) is 0.904. The summed E-state index contributed by atoms with van der Waals surface area (Å²) in [4.78, 5) is 20.7. The predicted molar refractivity (Wildman–Crippen MR) is 88.6 cm³/mol. The van der Waals surface area contributed by atoms with Crippen molar-refractivity contribution in [1.82, 2.24) is 14.8 Å².